The molecule has 1 aromatic carbocycles. The van der Waals surface area contributed by atoms with Gasteiger partial charge in [0.15, 0.2) is 10.9 Å². The van der Waals surface area contributed by atoms with E-state index >= 15 is 0 Å². The number of benzene rings is 1. The number of aromatic nitrogens is 3. The minimum atomic E-state index is -0.459. The van der Waals surface area contributed by atoms with E-state index in [9.17, 15) is 4.79 Å². The molecule has 0 radical (unpaired) electrons. The van der Waals surface area contributed by atoms with Crippen molar-refractivity contribution in [3.8, 4) is 11.6 Å². The topological polar surface area (TPSA) is 73.0 Å². The average Bonchev–Trinajstić information content (AvgIpc) is 3.41. The van der Waals surface area contributed by atoms with Crippen molar-refractivity contribution in [2.24, 2.45) is 0 Å². The molecule has 31 heavy (non-hydrogen) atoms. The molecule has 1 unspecified atom stereocenters. The van der Waals surface area contributed by atoms with Crippen LogP contribution in [0.3, 0.4) is 0 Å². The molecule has 0 spiro atoms. The predicted octanol–water partition coefficient (Wildman–Crippen LogP) is 7.12. The minimum absolute atomic E-state index is 0.242. The molecule has 1 aliphatic rings. The number of thioether (sulfide) groups is 1. The molecule has 0 saturated heterocycles. The van der Waals surface area contributed by atoms with E-state index in [1.165, 1.54) is 30.3 Å². The number of furan rings is 1. The summed E-state index contributed by atoms with van der Waals surface area (Å²) in [5, 5.41) is 12.8. The highest BCUT2D eigenvalue weighted by molar-refractivity contribution is 8.00. The van der Waals surface area contributed by atoms with E-state index in [4.69, 9.17) is 39.2 Å². The minimum Gasteiger partial charge on any atom is -0.461 e. The second-order valence-electron chi connectivity index (χ2n) is 7.44. The van der Waals surface area contributed by atoms with Crippen molar-refractivity contribution in [3.05, 3.63) is 45.6 Å². The summed E-state index contributed by atoms with van der Waals surface area (Å²) in [5.74, 6) is 1.12. The van der Waals surface area contributed by atoms with Gasteiger partial charge in [-0.3, -0.25) is 9.36 Å². The summed E-state index contributed by atoms with van der Waals surface area (Å²) < 4.78 is 7.70. The largest absolute Gasteiger partial charge is 0.461 e. The van der Waals surface area contributed by atoms with Gasteiger partial charge in [-0.1, -0.05) is 65.8 Å². The van der Waals surface area contributed by atoms with Crippen LogP contribution in [-0.4, -0.2) is 25.9 Å². The number of nitrogens with one attached hydrogen (secondary N) is 1. The molecule has 164 valence electrons. The van der Waals surface area contributed by atoms with Gasteiger partial charge in [0.2, 0.25) is 11.7 Å². The number of hydrogen-bond donors (Lipinski definition) is 1. The number of anilines is 1. The Bertz CT molecular complexity index is 1040. The molecule has 1 aliphatic carbocycles. The van der Waals surface area contributed by atoms with Crippen LogP contribution in [0.5, 0.6) is 0 Å². The van der Waals surface area contributed by atoms with Crippen LogP contribution in [0, 0.1) is 0 Å². The van der Waals surface area contributed by atoms with Crippen molar-refractivity contribution in [2.75, 3.05) is 5.32 Å². The molecule has 1 amide bonds. The van der Waals surface area contributed by atoms with Crippen LogP contribution in [-0.2, 0) is 4.79 Å². The van der Waals surface area contributed by atoms with E-state index in [-0.39, 0.29) is 22.0 Å². The molecule has 2 heterocycles. The first kappa shape index (κ1) is 22.5. The predicted molar refractivity (Wildman–Crippen MR) is 125 cm³/mol. The van der Waals surface area contributed by atoms with Gasteiger partial charge in [-0.05, 0) is 44.0 Å². The number of amides is 1. The van der Waals surface area contributed by atoms with E-state index in [2.05, 4.69) is 20.1 Å². The Kier molecular flexibility index (Phi) is 7.16. The number of carbonyl (C=O) groups is 1. The van der Waals surface area contributed by atoms with Gasteiger partial charge in [0, 0.05) is 11.1 Å². The smallest absolute Gasteiger partial charge is 0.237 e. The third kappa shape index (κ3) is 5.06. The lowest BCUT2D eigenvalue weighted by atomic mass is 9.95. The fourth-order valence-corrected chi connectivity index (χ4v) is 5.53. The van der Waals surface area contributed by atoms with Gasteiger partial charge in [0.05, 0.1) is 27.2 Å². The molecular weight excluding hydrogens is 479 g/mol. The van der Waals surface area contributed by atoms with E-state index in [1.807, 2.05) is 19.1 Å². The van der Waals surface area contributed by atoms with E-state index in [0.29, 0.717) is 27.5 Å². The molecular formula is C21H21Cl3N4O2S. The molecule has 1 saturated carbocycles. The third-order valence-electron chi connectivity index (χ3n) is 5.25. The van der Waals surface area contributed by atoms with Crippen LogP contribution in [0.1, 0.15) is 45.1 Å². The Morgan fingerprint density at radius 2 is 1.90 bits per heavy atom. The lowest BCUT2D eigenvalue weighted by molar-refractivity contribution is -0.115. The Balaban J connectivity index is 1.56. The van der Waals surface area contributed by atoms with Crippen LogP contribution in [0.4, 0.5) is 5.69 Å². The van der Waals surface area contributed by atoms with Gasteiger partial charge in [-0.2, -0.15) is 0 Å². The van der Waals surface area contributed by atoms with Crippen molar-refractivity contribution in [3.63, 3.8) is 0 Å². The molecule has 1 N–H and O–H groups in total. The van der Waals surface area contributed by atoms with Crippen molar-refractivity contribution >= 4 is 58.2 Å². The summed E-state index contributed by atoms with van der Waals surface area (Å²) in [6.45, 7) is 1.81. The van der Waals surface area contributed by atoms with Crippen LogP contribution >= 0.6 is 46.6 Å². The molecule has 4 rings (SSSR count). The summed E-state index contributed by atoms with van der Waals surface area (Å²) in [7, 11) is 0. The molecule has 1 fully saturated rings. The van der Waals surface area contributed by atoms with Gasteiger partial charge in [-0.25, -0.2) is 0 Å². The first-order valence-electron chi connectivity index (χ1n) is 10.0. The normalized spacial score (nSPS) is 15.7. The molecule has 10 heteroatoms. The number of rotatable bonds is 6. The monoisotopic (exact) mass is 498 g/mol. The zero-order valence-electron chi connectivity index (χ0n) is 16.8. The lowest BCUT2D eigenvalue weighted by Gasteiger charge is -2.25. The van der Waals surface area contributed by atoms with E-state index < -0.39 is 5.25 Å². The molecule has 3 aromatic rings. The van der Waals surface area contributed by atoms with Crippen molar-refractivity contribution in [1.82, 2.24) is 14.8 Å². The van der Waals surface area contributed by atoms with E-state index in [0.717, 1.165) is 25.7 Å². The van der Waals surface area contributed by atoms with Crippen LogP contribution in [0.25, 0.3) is 11.6 Å². The number of nitrogens with zero attached hydrogens (tertiary/aromatic N) is 3. The van der Waals surface area contributed by atoms with Crippen LogP contribution in [0.15, 0.2) is 40.1 Å². The molecule has 1 atom stereocenters. The molecule has 6 nitrogen and oxygen atoms in total. The van der Waals surface area contributed by atoms with Crippen molar-refractivity contribution < 1.29 is 9.21 Å². The second-order valence-corrected chi connectivity index (χ2v) is 10.00. The number of halogens is 3. The van der Waals surface area contributed by atoms with Gasteiger partial charge in [0.1, 0.15) is 0 Å². The maximum absolute atomic E-state index is 12.9. The highest BCUT2D eigenvalue weighted by Crippen LogP contribution is 2.38. The molecule has 0 bridgehead atoms. The highest BCUT2D eigenvalue weighted by Gasteiger charge is 2.27. The summed E-state index contributed by atoms with van der Waals surface area (Å²) in [5.41, 5.74) is 0.343. The highest BCUT2D eigenvalue weighted by atomic mass is 35.5. The molecule has 2 aromatic heterocycles. The van der Waals surface area contributed by atoms with Crippen molar-refractivity contribution in [1.29, 1.82) is 0 Å². The maximum Gasteiger partial charge on any atom is 0.237 e. The van der Waals surface area contributed by atoms with Crippen LogP contribution < -0.4 is 5.32 Å². The SMILES string of the molecule is CC(Sc1nnc(-c2ccco2)n1C1CCCCC1)C(=O)Nc1c(Cl)cc(Cl)cc1Cl. The zero-order chi connectivity index (χ0) is 22.0. The third-order valence-corrected chi connectivity index (χ3v) is 7.12. The zero-order valence-corrected chi connectivity index (χ0v) is 19.9. The summed E-state index contributed by atoms with van der Waals surface area (Å²) in [4.78, 5) is 12.9. The van der Waals surface area contributed by atoms with Crippen LogP contribution in [0.2, 0.25) is 15.1 Å². The Hall–Kier alpha value is -1.67. The first-order valence-corrected chi connectivity index (χ1v) is 12.1. The van der Waals surface area contributed by atoms with Gasteiger partial charge >= 0.3 is 0 Å². The average molecular weight is 500 g/mol. The lowest BCUT2D eigenvalue weighted by Crippen LogP contribution is -2.24. The van der Waals surface area contributed by atoms with Gasteiger partial charge in [0.25, 0.3) is 0 Å². The Labute approximate surface area is 199 Å². The first-order chi connectivity index (χ1) is 14.9. The fourth-order valence-electron chi connectivity index (χ4n) is 3.70. The number of carbonyl (C=O) groups excluding carboxylic acids is 1. The van der Waals surface area contributed by atoms with Gasteiger partial charge < -0.3 is 9.73 Å². The Morgan fingerprint density at radius 3 is 2.55 bits per heavy atom. The quantitative estimate of drug-likeness (QED) is 0.365. The number of hydrogen-bond acceptors (Lipinski definition) is 5. The summed E-state index contributed by atoms with van der Waals surface area (Å²) in [6.07, 6.45) is 7.28. The van der Waals surface area contributed by atoms with Gasteiger partial charge in [-0.15, -0.1) is 10.2 Å². The fraction of sp³-hybridized carbons (Fsp3) is 0.381. The molecule has 0 aliphatic heterocycles. The Morgan fingerprint density at radius 1 is 1.19 bits per heavy atom. The maximum atomic E-state index is 12.9. The van der Waals surface area contributed by atoms with E-state index in [1.54, 1.807) is 6.26 Å². The van der Waals surface area contributed by atoms with Crippen molar-refractivity contribution in [2.45, 2.75) is 55.5 Å². The second kappa shape index (κ2) is 9.86. The summed E-state index contributed by atoms with van der Waals surface area (Å²) >= 11 is 19.7. The summed E-state index contributed by atoms with van der Waals surface area (Å²) in [6, 6.07) is 7.06. The standard InChI is InChI=1S/C21H21Cl3N4O2S/c1-12(20(29)25-18-15(23)10-13(22)11-16(18)24)31-21-27-26-19(17-8-5-9-30-17)28(21)14-6-3-2-4-7-14/h5,8-12,14H,2-4,6-7H2,1H3,(H,25,29).